The molecule has 218 valence electrons. The predicted molar refractivity (Wildman–Crippen MR) is 167 cm³/mol. The number of halogens is 1. The molecule has 0 atom stereocenters. The van der Waals surface area contributed by atoms with Crippen LogP contribution in [0.5, 0.6) is 0 Å². The van der Waals surface area contributed by atoms with Gasteiger partial charge in [0.1, 0.15) is 23.7 Å². The number of ether oxygens (including phenoxy) is 2. The van der Waals surface area contributed by atoms with Gasteiger partial charge in [-0.15, -0.1) is 0 Å². The highest BCUT2D eigenvalue weighted by atomic mass is 35.5. The smallest absolute Gasteiger partial charge is 0.410 e. The Bertz CT molecular complexity index is 1580. The van der Waals surface area contributed by atoms with Crippen molar-refractivity contribution in [2.24, 2.45) is 0 Å². The first kappa shape index (κ1) is 29.4. The van der Waals surface area contributed by atoms with Crippen LogP contribution in [0.25, 0.3) is 33.4 Å². The third-order valence-electron chi connectivity index (χ3n) is 7.20. The average Bonchev–Trinajstić information content (AvgIpc) is 3.42. The molecule has 1 aromatic carbocycles. The van der Waals surface area contributed by atoms with E-state index < -0.39 is 13.7 Å². The summed E-state index contributed by atoms with van der Waals surface area (Å²) in [5.74, 6) is 0. The van der Waals surface area contributed by atoms with E-state index in [-0.39, 0.29) is 6.09 Å². The van der Waals surface area contributed by atoms with Gasteiger partial charge in [-0.2, -0.15) is 5.10 Å². The van der Waals surface area contributed by atoms with E-state index in [0.717, 1.165) is 57.3 Å². The fraction of sp³-hybridized carbons (Fsp3) is 0.452. The number of rotatable bonds is 7. The zero-order chi connectivity index (χ0) is 29.5. The second-order valence-corrected chi connectivity index (χ2v) is 19.0. The molecule has 1 amide bonds. The Balaban J connectivity index is 1.60. The molecule has 8 nitrogen and oxygen atoms in total. The van der Waals surface area contributed by atoms with Crippen LogP contribution in [0, 0.1) is 6.92 Å². The minimum atomic E-state index is -1.18. The summed E-state index contributed by atoms with van der Waals surface area (Å²) in [6.07, 6.45) is 3.62. The maximum Gasteiger partial charge on any atom is 0.410 e. The Morgan fingerprint density at radius 3 is 2.56 bits per heavy atom. The summed E-state index contributed by atoms with van der Waals surface area (Å²) >= 11 is 6.73. The van der Waals surface area contributed by atoms with Crippen molar-refractivity contribution in [3.63, 3.8) is 0 Å². The Labute approximate surface area is 248 Å². The Kier molecular flexibility index (Phi) is 8.07. The van der Waals surface area contributed by atoms with Crippen LogP contribution < -0.4 is 0 Å². The SMILES string of the molecule is Cc1cn(COCC[Si](C)(C)C)c2nccc(-c3c(-c4ccccc4Cl)nn4c3CN(C(=O)OC(C)(C)C)CC4)c12. The zero-order valence-electron chi connectivity index (χ0n) is 25.1. The number of aromatic nitrogens is 4. The third kappa shape index (κ3) is 6.37. The highest BCUT2D eigenvalue weighted by molar-refractivity contribution is 6.76. The molecule has 10 heteroatoms. The zero-order valence-corrected chi connectivity index (χ0v) is 26.9. The second kappa shape index (κ2) is 11.3. The maximum absolute atomic E-state index is 13.1. The van der Waals surface area contributed by atoms with Gasteiger partial charge in [0.2, 0.25) is 0 Å². The molecule has 4 heterocycles. The number of nitrogens with zero attached hydrogens (tertiary/aromatic N) is 5. The Morgan fingerprint density at radius 2 is 1.85 bits per heavy atom. The highest BCUT2D eigenvalue weighted by Gasteiger charge is 2.32. The standard InChI is InChI=1S/C31H40ClN5O3Si/c1-21-18-36(20-39-16-17-41(5,6)7)29-26(21)23(12-13-33-29)27-25-19-35(30(38)40-31(2,3)4)14-15-37(25)34-28(27)22-10-8-9-11-24(22)32/h8-13,18H,14-17,19-20H2,1-7H3. The van der Waals surface area contributed by atoms with Gasteiger partial charge in [-0.05, 0) is 57.0 Å². The van der Waals surface area contributed by atoms with Crippen molar-refractivity contribution < 1.29 is 14.3 Å². The van der Waals surface area contributed by atoms with Crippen LogP contribution in [-0.2, 0) is 29.3 Å². The number of aryl methyl sites for hydroxylation is 1. The minimum absolute atomic E-state index is 0.326. The van der Waals surface area contributed by atoms with Crippen LogP contribution in [0.2, 0.25) is 30.7 Å². The molecule has 41 heavy (non-hydrogen) atoms. The van der Waals surface area contributed by atoms with Crippen molar-refractivity contribution >= 4 is 36.8 Å². The van der Waals surface area contributed by atoms with Crippen molar-refractivity contribution in [3.05, 3.63) is 59.0 Å². The molecule has 0 unspecified atom stereocenters. The minimum Gasteiger partial charge on any atom is -0.444 e. The molecule has 0 aliphatic carbocycles. The number of carbonyl (C=O) groups excluding carboxylic acids is 1. The molecular formula is C31H40ClN5O3Si. The molecule has 1 aliphatic rings. The molecule has 0 saturated carbocycles. The van der Waals surface area contributed by atoms with E-state index in [1.807, 2.05) is 62.0 Å². The van der Waals surface area contributed by atoms with E-state index in [4.69, 9.17) is 31.2 Å². The maximum atomic E-state index is 13.1. The van der Waals surface area contributed by atoms with Crippen molar-refractivity contribution in [3.8, 4) is 22.4 Å². The summed E-state index contributed by atoms with van der Waals surface area (Å²) in [7, 11) is -1.18. The molecule has 4 aromatic rings. The number of hydrogen-bond acceptors (Lipinski definition) is 5. The first-order valence-corrected chi connectivity index (χ1v) is 18.3. The van der Waals surface area contributed by atoms with Crippen molar-refractivity contribution in [1.29, 1.82) is 0 Å². The van der Waals surface area contributed by atoms with Crippen LogP contribution in [0.3, 0.4) is 0 Å². The average molecular weight is 594 g/mol. The third-order valence-corrected chi connectivity index (χ3v) is 9.24. The first-order chi connectivity index (χ1) is 19.3. The molecule has 0 saturated heterocycles. The Hall–Kier alpha value is -3.14. The van der Waals surface area contributed by atoms with Gasteiger partial charge in [0, 0.05) is 50.1 Å². The molecule has 0 fully saturated rings. The lowest BCUT2D eigenvalue weighted by atomic mass is 9.95. The van der Waals surface area contributed by atoms with E-state index in [1.165, 1.54) is 0 Å². The van der Waals surface area contributed by atoms with Gasteiger partial charge < -0.3 is 18.9 Å². The van der Waals surface area contributed by atoms with E-state index >= 15 is 0 Å². The fourth-order valence-electron chi connectivity index (χ4n) is 5.19. The lowest BCUT2D eigenvalue weighted by Gasteiger charge is -2.31. The number of hydrogen-bond donors (Lipinski definition) is 0. The summed E-state index contributed by atoms with van der Waals surface area (Å²) < 4.78 is 15.9. The van der Waals surface area contributed by atoms with Gasteiger partial charge in [-0.25, -0.2) is 9.78 Å². The molecular weight excluding hydrogens is 554 g/mol. The first-order valence-electron chi connectivity index (χ1n) is 14.2. The number of carbonyl (C=O) groups is 1. The molecule has 1 aliphatic heterocycles. The molecule has 0 N–H and O–H groups in total. The summed E-state index contributed by atoms with van der Waals surface area (Å²) in [6, 6.07) is 10.9. The molecule has 0 bridgehead atoms. The monoisotopic (exact) mass is 593 g/mol. The number of fused-ring (bicyclic) bond motifs is 2. The summed E-state index contributed by atoms with van der Waals surface area (Å²) in [5, 5.41) is 6.73. The summed E-state index contributed by atoms with van der Waals surface area (Å²) in [5.41, 5.74) is 5.95. The van der Waals surface area contributed by atoms with Crippen LogP contribution in [0.4, 0.5) is 4.79 Å². The van der Waals surface area contributed by atoms with E-state index in [0.29, 0.717) is 31.4 Å². The van der Waals surface area contributed by atoms with Crippen LogP contribution in [0.1, 0.15) is 32.0 Å². The van der Waals surface area contributed by atoms with Gasteiger partial charge in [0.05, 0.1) is 23.8 Å². The van der Waals surface area contributed by atoms with Gasteiger partial charge in [0.15, 0.2) is 0 Å². The van der Waals surface area contributed by atoms with Crippen molar-refractivity contribution in [2.45, 2.75) is 78.8 Å². The number of pyridine rings is 1. The normalized spacial score (nSPS) is 14.0. The topological polar surface area (TPSA) is 74.4 Å². The molecule has 3 aromatic heterocycles. The largest absolute Gasteiger partial charge is 0.444 e. The van der Waals surface area contributed by atoms with E-state index in [2.05, 4.69) is 37.3 Å². The second-order valence-electron chi connectivity index (χ2n) is 13.0. The summed E-state index contributed by atoms with van der Waals surface area (Å²) in [4.78, 5) is 19.6. The van der Waals surface area contributed by atoms with Gasteiger partial charge in [-0.3, -0.25) is 4.68 Å². The predicted octanol–water partition coefficient (Wildman–Crippen LogP) is 7.59. The number of amides is 1. The fourth-order valence-corrected chi connectivity index (χ4v) is 6.17. The van der Waals surface area contributed by atoms with Crippen molar-refractivity contribution in [2.75, 3.05) is 13.2 Å². The van der Waals surface area contributed by atoms with Crippen LogP contribution >= 0.6 is 11.6 Å². The highest BCUT2D eigenvalue weighted by Crippen LogP contribution is 2.42. The quantitative estimate of drug-likeness (QED) is 0.163. The van der Waals surface area contributed by atoms with E-state index in [9.17, 15) is 4.79 Å². The van der Waals surface area contributed by atoms with Crippen molar-refractivity contribution in [1.82, 2.24) is 24.2 Å². The molecule has 0 radical (unpaired) electrons. The van der Waals surface area contributed by atoms with Crippen LogP contribution in [0.15, 0.2) is 42.7 Å². The van der Waals surface area contributed by atoms with Gasteiger partial charge >= 0.3 is 6.09 Å². The van der Waals surface area contributed by atoms with Crippen LogP contribution in [-0.4, -0.2) is 57.2 Å². The number of benzene rings is 1. The van der Waals surface area contributed by atoms with E-state index in [1.54, 1.807) is 4.90 Å². The molecule has 5 rings (SSSR count). The molecule has 0 spiro atoms. The van der Waals surface area contributed by atoms with Gasteiger partial charge in [0.25, 0.3) is 0 Å². The Morgan fingerprint density at radius 1 is 1.10 bits per heavy atom. The lowest BCUT2D eigenvalue weighted by molar-refractivity contribution is 0.0195. The summed E-state index contributed by atoms with van der Waals surface area (Å²) in [6.45, 7) is 17.5. The van der Waals surface area contributed by atoms with Gasteiger partial charge in [-0.1, -0.05) is 49.4 Å². The lowest BCUT2D eigenvalue weighted by Crippen LogP contribution is -2.41.